The highest BCUT2D eigenvalue weighted by atomic mass is 32.2. The largest absolute Gasteiger partial charge is 0.354 e. The van der Waals surface area contributed by atoms with Crippen molar-refractivity contribution in [1.82, 2.24) is 14.5 Å². The first-order chi connectivity index (χ1) is 18.6. The summed E-state index contributed by atoms with van der Waals surface area (Å²) in [6.07, 6.45) is 1.04. The maximum Gasteiger partial charge on any atom is 0.304 e. The third-order valence-electron chi connectivity index (χ3n) is 6.49. The fourth-order valence-electron chi connectivity index (χ4n) is 4.20. The van der Waals surface area contributed by atoms with Crippen LogP contribution in [0.25, 0.3) is 0 Å². The molecule has 3 rings (SSSR count). The highest BCUT2D eigenvalue weighted by Gasteiger charge is 2.34. The second-order valence-electron chi connectivity index (χ2n) is 9.58. The lowest BCUT2D eigenvalue weighted by atomic mass is 10.0. The molecule has 0 radical (unpaired) electrons. The van der Waals surface area contributed by atoms with Crippen molar-refractivity contribution < 1.29 is 18.0 Å². The molecule has 0 saturated carbocycles. The molecule has 0 aliphatic rings. The summed E-state index contributed by atoms with van der Waals surface area (Å²) in [4.78, 5) is 29.2. The molecule has 2 amide bonds. The van der Waals surface area contributed by atoms with Gasteiger partial charge >= 0.3 is 10.2 Å². The summed E-state index contributed by atoms with van der Waals surface area (Å²) in [7, 11) is -1.15. The van der Waals surface area contributed by atoms with E-state index in [0.29, 0.717) is 18.7 Å². The molecule has 1 atom stereocenters. The van der Waals surface area contributed by atoms with Crippen molar-refractivity contribution in [1.29, 1.82) is 0 Å². The predicted octanol–water partition coefficient (Wildman–Crippen LogP) is 3.77. The van der Waals surface area contributed by atoms with Gasteiger partial charge in [-0.15, -0.1) is 0 Å². The molecule has 0 spiro atoms. The Morgan fingerprint density at radius 2 is 1.46 bits per heavy atom. The quantitative estimate of drug-likeness (QED) is 0.351. The average Bonchev–Trinajstić information content (AvgIpc) is 2.93. The standard InChI is InChI=1S/C30H38N4O4S/c1-5-20-31-30(36)28(21-25-15-8-6-9-16-25)33(22-26-17-13-12-14-24(26)2)29(35)23-34(39(37,38)32(3)4)27-18-10-7-11-19-27/h6-19,28H,5,20-23H2,1-4H3,(H,31,36)/t28-/m1/s1. The smallest absolute Gasteiger partial charge is 0.304 e. The number of carbonyl (C=O) groups is 2. The zero-order valence-corrected chi connectivity index (χ0v) is 23.9. The molecule has 0 aliphatic heterocycles. The molecule has 0 saturated heterocycles. The van der Waals surface area contributed by atoms with E-state index in [4.69, 9.17) is 0 Å². The minimum atomic E-state index is -4.00. The number of nitrogens with one attached hydrogen (secondary N) is 1. The van der Waals surface area contributed by atoms with Gasteiger partial charge in [0.05, 0.1) is 5.69 Å². The Balaban J connectivity index is 2.07. The van der Waals surface area contributed by atoms with Gasteiger partial charge in [-0.1, -0.05) is 79.7 Å². The number of hydrogen-bond acceptors (Lipinski definition) is 4. The lowest BCUT2D eigenvalue weighted by Crippen LogP contribution is -2.54. The number of nitrogens with zero attached hydrogens (tertiary/aromatic N) is 3. The summed E-state index contributed by atoms with van der Waals surface area (Å²) < 4.78 is 28.8. The first-order valence-corrected chi connectivity index (χ1v) is 14.5. The van der Waals surface area contributed by atoms with Crippen LogP contribution < -0.4 is 9.62 Å². The molecule has 9 heteroatoms. The monoisotopic (exact) mass is 550 g/mol. The van der Waals surface area contributed by atoms with E-state index in [0.717, 1.165) is 31.7 Å². The molecule has 39 heavy (non-hydrogen) atoms. The molecule has 3 aromatic carbocycles. The number of rotatable bonds is 13. The van der Waals surface area contributed by atoms with Crippen LogP contribution in [0.5, 0.6) is 0 Å². The molecule has 0 aromatic heterocycles. The minimum absolute atomic E-state index is 0.160. The number of aryl methyl sites for hydroxylation is 1. The van der Waals surface area contributed by atoms with Crippen molar-refractivity contribution in [3.05, 3.63) is 102 Å². The highest BCUT2D eigenvalue weighted by Crippen LogP contribution is 2.22. The minimum Gasteiger partial charge on any atom is -0.354 e. The van der Waals surface area contributed by atoms with Crippen LogP contribution in [0.2, 0.25) is 0 Å². The molecule has 208 valence electrons. The normalized spacial score (nSPS) is 12.1. The van der Waals surface area contributed by atoms with Gasteiger partial charge in [-0.3, -0.25) is 9.59 Å². The fourth-order valence-corrected chi connectivity index (χ4v) is 5.26. The first kappa shape index (κ1) is 29.9. The molecule has 0 fully saturated rings. The third kappa shape index (κ3) is 7.91. The van der Waals surface area contributed by atoms with Crippen molar-refractivity contribution in [3.8, 4) is 0 Å². The van der Waals surface area contributed by atoms with Crippen molar-refractivity contribution in [2.75, 3.05) is 31.5 Å². The molecule has 0 heterocycles. The third-order valence-corrected chi connectivity index (χ3v) is 8.31. The second-order valence-corrected chi connectivity index (χ2v) is 11.6. The Morgan fingerprint density at radius 1 is 0.872 bits per heavy atom. The predicted molar refractivity (Wildman–Crippen MR) is 155 cm³/mol. The Kier molecular flexibility index (Phi) is 10.7. The molecule has 1 N–H and O–H groups in total. The summed E-state index contributed by atoms with van der Waals surface area (Å²) in [5.41, 5.74) is 3.13. The first-order valence-electron chi connectivity index (χ1n) is 13.1. The van der Waals surface area contributed by atoms with Crippen LogP contribution in [-0.4, -0.2) is 62.7 Å². The number of anilines is 1. The van der Waals surface area contributed by atoms with Crippen LogP contribution in [0.15, 0.2) is 84.9 Å². The zero-order valence-electron chi connectivity index (χ0n) is 23.1. The molecule has 0 bridgehead atoms. The van der Waals surface area contributed by atoms with E-state index in [-0.39, 0.29) is 12.5 Å². The van der Waals surface area contributed by atoms with Crippen LogP contribution >= 0.6 is 0 Å². The average molecular weight is 551 g/mol. The van der Waals surface area contributed by atoms with Gasteiger partial charge in [0.25, 0.3) is 0 Å². The molecular weight excluding hydrogens is 512 g/mol. The van der Waals surface area contributed by atoms with Crippen LogP contribution in [0.1, 0.15) is 30.0 Å². The van der Waals surface area contributed by atoms with E-state index in [2.05, 4.69) is 5.32 Å². The van der Waals surface area contributed by atoms with Crippen molar-refractivity contribution in [2.45, 2.75) is 39.3 Å². The van der Waals surface area contributed by atoms with Gasteiger partial charge < -0.3 is 10.2 Å². The SMILES string of the molecule is CCCNC(=O)[C@@H](Cc1ccccc1)N(Cc1ccccc1C)C(=O)CN(c1ccccc1)S(=O)(=O)N(C)C. The summed E-state index contributed by atoms with van der Waals surface area (Å²) >= 11 is 0. The fraction of sp³-hybridized carbons (Fsp3) is 0.333. The van der Waals surface area contributed by atoms with Gasteiger partial charge in [0.1, 0.15) is 12.6 Å². The lowest BCUT2D eigenvalue weighted by molar-refractivity contribution is -0.140. The number of amides is 2. The Morgan fingerprint density at radius 3 is 2.05 bits per heavy atom. The topological polar surface area (TPSA) is 90.0 Å². The van der Waals surface area contributed by atoms with Crippen LogP contribution in [0, 0.1) is 6.92 Å². The van der Waals surface area contributed by atoms with E-state index in [1.54, 1.807) is 30.3 Å². The number of para-hydroxylation sites is 1. The summed E-state index contributed by atoms with van der Waals surface area (Å²) in [6.45, 7) is 4.10. The second kappa shape index (κ2) is 13.9. The van der Waals surface area contributed by atoms with Gasteiger partial charge in [0.15, 0.2) is 0 Å². The molecule has 8 nitrogen and oxygen atoms in total. The van der Waals surface area contributed by atoms with Crippen LogP contribution in [0.4, 0.5) is 5.69 Å². The Bertz CT molecular complexity index is 1330. The van der Waals surface area contributed by atoms with Crippen molar-refractivity contribution in [3.63, 3.8) is 0 Å². The van der Waals surface area contributed by atoms with Gasteiger partial charge in [0, 0.05) is 33.6 Å². The molecule has 0 aliphatic carbocycles. The Hall–Kier alpha value is -3.69. The molecule has 0 unspecified atom stereocenters. The van der Waals surface area contributed by atoms with Crippen LogP contribution in [-0.2, 0) is 32.8 Å². The van der Waals surface area contributed by atoms with Crippen LogP contribution in [0.3, 0.4) is 0 Å². The van der Waals surface area contributed by atoms with Gasteiger partial charge in [0.2, 0.25) is 11.8 Å². The summed E-state index contributed by atoms with van der Waals surface area (Å²) in [5.74, 6) is -0.746. The van der Waals surface area contributed by atoms with Gasteiger partial charge in [-0.2, -0.15) is 12.7 Å². The summed E-state index contributed by atoms with van der Waals surface area (Å²) in [6, 6.07) is 24.9. The van der Waals surface area contributed by atoms with Crippen molar-refractivity contribution in [2.24, 2.45) is 0 Å². The van der Waals surface area contributed by atoms with E-state index < -0.39 is 28.7 Å². The maximum absolute atomic E-state index is 14.1. The summed E-state index contributed by atoms with van der Waals surface area (Å²) in [5, 5.41) is 2.95. The number of hydrogen-bond donors (Lipinski definition) is 1. The highest BCUT2D eigenvalue weighted by molar-refractivity contribution is 7.90. The lowest BCUT2D eigenvalue weighted by Gasteiger charge is -2.34. The van der Waals surface area contributed by atoms with Gasteiger partial charge in [-0.25, -0.2) is 4.31 Å². The van der Waals surface area contributed by atoms with E-state index in [1.165, 1.54) is 19.0 Å². The van der Waals surface area contributed by atoms with Gasteiger partial charge in [-0.05, 0) is 42.2 Å². The molecular formula is C30H38N4O4S. The maximum atomic E-state index is 14.1. The van der Waals surface area contributed by atoms with E-state index >= 15 is 0 Å². The number of carbonyl (C=O) groups excluding carboxylic acids is 2. The molecule has 3 aromatic rings. The van der Waals surface area contributed by atoms with Crippen molar-refractivity contribution >= 4 is 27.7 Å². The number of benzene rings is 3. The van der Waals surface area contributed by atoms with E-state index in [9.17, 15) is 18.0 Å². The zero-order chi connectivity index (χ0) is 28.4. The van der Waals surface area contributed by atoms with E-state index in [1.807, 2.05) is 68.4 Å². The Labute approximate surface area is 232 Å².